The molecule has 6 nitrogen and oxygen atoms in total. The monoisotopic (exact) mass is 479 g/mol. The number of aromatic nitrogens is 1. The minimum absolute atomic E-state index is 0.291. The quantitative estimate of drug-likeness (QED) is 0.464. The van der Waals surface area contributed by atoms with Crippen LogP contribution in [0.25, 0.3) is 0 Å². The summed E-state index contributed by atoms with van der Waals surface area (Å²) >= 11 is 3.48. The Balaban J connectivity index is 1.45. The molecule has 1 aliphatic heterocycles. The van der Waals surface area contributed by atoms with E-state index in [1.54, 1.807) is 30.6 Å². The van der Waals surface area contributed by atoms with Crippen LogP contribution in [0, 0.1) is 12.7 Å². The maximum atomic E-state index is 13.1. The van der Waals surface area contributed by atoms with E-state index in [1.165, 1.54) is 17.7 Å². The van der Waals surface area contributed by atoms with Crippen molar-refractivity contribution in [3.05, 3.63) is 88.9 Å². The second-order valence-corrected chi connectivity index (χ2v) is 7.84. The van der Waals surface area contributed by atoms with E-state index in [-0.39, 0.29) is 5.82 Å². The molecule has 31 heavy (non-hydrogen) atoms. The lowest BCUT2D eigenvalue weighted by atomic mass is 10.2. The number of aryl methyl sites for hydroxylation is 1. The number of amidine groups is 1. The summed E-state index contributed by atoms with van der Waals surface area (Å²) in [6, 6.07) is 17.5. The molecule has 3 aromatic rings. The number of rotatable bonds is 4. The number of aliphatic imine (C=N–C) groups is 2. The SMILES string of the molecule is Cc1ccc(Oc2ccc(NC3=NC=C(Br)CC(Nc4ccc(F)cc4)=N3)cn2)cc1. The normalized spacial score (nSPS) is 13.5. The molecule has 0 bridgehead atoms. The number of nitrogens with zero attached hydrogens (tertiary/aromatic N) is 3. The fraction of sp³-hybridized carbons (Fsp3) is 0.0870. The van der Waals surface area contributed by atoms with Gasteiger partial charge in [-0.25, -0.2) is 14.4 Å². The van der Waals surface area contributed by atoms with E-state index >= 15 is 0 Å². The summed E-state index contributed by atoms with van der Waals surface area (Å²) in [5.41, 5.74) is 2.62. The van der Waals surface area contributed by atoms with Crippen molar-refractivity contribution in [3.63, 3.8) is 0 Å². The first-order chi connectivity index (χ1) is 15.0. The maximum Gasteiger partial charge on any atom is 0.228 e. The molecule has 0 saturated carbocycles. The average molecular weight is 480 g/mol. The molecule has 0 amide bonds. The topological polar surface area (TPSA) is 70.9 Å². The van der Waals surface area contributed by atoms with Crippen LogP contribution in [0.15, 0.2) is 87.5 Å². The van der Waals surface area contributed by atoms with Crippen molar-refractivity contribution in [2.45, 2.75) is 13.3 Å². The summed E-state index contributed by atoms with van der Waals surface area (Å²) in [7, 11) is 0. The highest BCUT2D eigenvalue weighted by Crippen LogP contribution is 2.22. The fourth-order valence-electron chi connectivity index (χ4n) is 2.74. The number of halogens is 2. The Kier molecular flexibility index (Phi) is 6.37. The van der Waals surface area contributed by atoms with Crippen LogP contribution >= 0.6 is 15.9 Å². The van der Waals surface area contributed by atoms with E-state index in [9.17, 15) is 4.39 Å². The second kappa shape index (κ2) is 9.53. The molecule has 2 N–H and O–H groups in total. The number of nitrogens with one attached hydrogen (secondary N) is 2. The number of pyridine rings is 1. The molecule has 4 rings (SSSR count). The standard InChI is InChI=1S/C23H19BrFN5O/c1-15-2-9-20(10-3-15)31-22-11-8-19(14-26-22)29-23-27-13-16(24)12-21(30-23)28-18-6-4-17(25)5-7-18/h2-11,13-14H,12H2,1H3,(H2,27,28,29,30). The fourth-order valence-corrected chi connectivity index (χ4v) is 3.10. The van der Waals surface area contributed by atoms with Gasteiger partial charge in [-0.15, -0.1) is 0 Å². The zero-order chi connectivity index (χ0) is 21.6. The summed E-state index contributed by atoms with van der Waals surface area (Å²) in [5.74, 6) is 1.98. The summed E-state index contributed by atoms with van der Waals surface area (Å²) in [6.07, 6.45) is 3.86. The van der Waals surface area contributed by atoms with E-state index in [4.69, 9.17) is 4.74 Å². The van der Waals surface area contributed by atoms with Crippen LogP contribution in [-0.4, -0.2) is 16.8 Å². The van der Waals surface area contributed by atoms with Crippen LogP contribution in [-0.2, 0) is 0 Å². The zero-order valence-electron chi connectivity index (χ0n) is 16.6. The summed E-state index contributed by atoms with van der Waals surface area (Å²) in [6.45, 7) is 2.02. The highest BCUT2D eigenvalue weighted by atomic mass is 79.9. The summed E-state index contributed by atoms with van der Waals surface area (Å²) in [4.78, 5) is 13.2. The van der Waals surface area contributed by atoms with Crippen molar-refractivity contribution in [1.82, 2.24) is 4.98 Å². The summed E-state index contributed by atoms with van der Waals surface area (Å²) < 4.78 is 19.8. The maximum absolute atomic E-state index is 13.1. The average Bonchev–Trinajstić information content (AvgIpc) is 2.93. The minimum atomic E-state index is -0.291. The van der Waals surface area contributed by atoms with E-state index < -0.39 is 0 Å². The van der Waals surface area contributed by atoms with Crippen molar-refractivity contribution >= 4 is 39.1 Å². The van der Waals surface area contributed by atoms with Crippen molar-refractivity contribution in [3.8, 4) is 11.6 Å². The van der Waals surface area contributed by atoms with Crippen LogP contribution < -0.4 is 15.4 Å². The molecule has 0 saturated heterocycles. The molecule has 8 heteroatoms. The molecule has 1 aromatic heterocycles. The van der Waals surface area contributed by atoms with Gasteiger partial charge in [0.05, 0.1) is 11.9 Å². The Morgan fingerprint density at radius 3 is 2.39 bits per heavy atom. The Morgan fingerprint density at radius 2 is 1.68 bits per heavy atom. The molecule has 2 aromatic carbocycles. The van der Waals surface area contributed by atoms with Gasteiger partial charge < -0.3 is 15.4 Å². The Morgan fingerprint density at radius 1 is 0.935 bits per heavy atom. The van der Waals surface area contributed by atoms with Gasteiger partial charge in [0.2, 0.25) is 11.8 Å². The van der Waals surface area contributed by atoms with Gasteiger partial charge in [-0.2, -0.15) is 4.99 Å². The van der Waals surface area contributed by atoms with Crippen LogP contribution in [0.1, 0.15) is 12.0 Å². The molecule has 156 valence electrons. The predicted molar refractivity (Wildman–Crippen MR) is 126 cm³/mol. The highest BCUT2D eigenvalue weighted by molar-refractivity contribution is 9.11. The predicted octanol–water partition coefficient (Wildman–Crippen LogP) is 6.24. The molecular formula is C23H19BrFN5O. The molecule has 0 spiro atoms. The van der Waals surface area contributed by atoms with Gasteiger partial charge in [0.1, 0.15) is 17.4 Å². The first-order valence-corrected chi connectivity index (χ1v) is 10.3. The van der Waals surface area contributed by atoms with Crippen LogP contribution in [0.3, 0.4) is 0 Å². The van der Waals surface area contributed by atoms with Crippen molar-refractivity contribution < 1.29 is 9.13 Å². The third-order valence-electron chi connectivity index (χ3n) is 4.27. The first-order valence-electron chi connectivity index (χ1n) is 9.53. The third-order valence-corrected chi connectivity index (χ3v) is 4.76. The van der Waals surface area contributed by atoms with Gasteiger partial charge in [0.25, 0.3) is 0 Å². The van der Waals surface area contributed by atoms with Crippen LogP contribution in [0.2, 0.25) is 0 Å². The first kappa shape index (κ1) is 20.7. The zero-order valence-corrected chi connectivity index (χ0v) is 18.2. The van der Waals surface area contributed by atoms with Crippen LogP contribution in [0.5, 0.6) is 11.6 Å². The van der Waals surface area contributed by atoms with Gasteiger partial charge in [0.15, 0.2) is 0 Å². The molecular weight excluding hydrogens is 461 g/mol. The number of hydrogen-bond donors (Lipinski definition) is 2. The minimum Gasteiger partial charge on any atom is -0.439 e. The van der Waals surface area contributed by atoms with E-state index in [0.29, 0.717) is 29.8 Å². The Labute approximate surface area is 187 Å². The van der Waals surface area contributed by atoms with Gasteiger partial charge in [-0.1, -0.05) is 33.6 Å². The number of hydrogen-bond acceptors (Lipinski definition) is 6. The molecule has 0 atom stereocenters. The van der Waals surface area contributed by atoms with Gasteiger partial charge >= 0.3 is 0 Å². The van der Waals surface area contributed by atoms with Crippen LogP contribution in [0.4, 0.5) is 15.8 Å². The molecule has 0 fully saturated rings. The number of ether oxygens (including phenoxy) is 1. The van der Waals surface area contributed by atoms with Crippen molar-refractivity contribution in [1.29, 1.82) is 0 Å². The lowest BCUT2D eigenvalue weighted by Gasteiger charge is -2.10. The highest BCUT2D eigenvalue weighted by Gasteiger charge is 2.10. The lowest BCUT2D eigenvalue weighted by molar-refractivity contribution is 0.463. The van der Waals surface area contributed by atoms with E-state index in [1.807, 2.05) is 37.3 Å². The largest absolute Gasteiger partial charge is 0.439 e. The molecule has 0 aliphatic carbocycles. The molecule has 2 heterocycles. The smallest absolute Gasteiger partial charge is 0.228 e. The molecule has 0 unspecified atom stereocenters. The van der Waals surface area contributed by atoms with Crippen molar-refractivity contribution in [2.24, 2.45) is 9.98 Å². The van der Waals surface area contributed by atoms with Gasteiger partial charge in [-0.3, -0.25) is 0 Å². The Hall–Kier alpha value is -3.52. The van der Waals surface area contributed by atoms with E-state index in [2.05, 4.69) is 41.5 Å². The number of anilines is 2. The number of benzene rings is 2. The van der Waals surface area contributed by atoms with Crippen molar-refractivity contribution in [2.75, 3.05) is 10.6 Å². The molecule has 1 aliphatic rings. The summed E-state index contributed by atoms with van der Waals surface area (Å²) in [5, 5.41) is 6.33. The Bertz CT molecular complexity index is 1140. The van der Waals surface area contributed by atoms with Gasteiger partial charge in [-0.05, 0) is 49.4 Å². The lowest BCUT2D eigenvalue weighted by Crippen LogP contribution is -2.17. The van der Waals surface area contributed by atoms with E-state index in [0.717, 1.165) is 15.9 Å². The third kappa shape index (κ3) is 5.99. The molecule has 0 radical (unpaired) electrons. The van der Waals surface area contributed by atoms with Gasteiger partial charge in [0, 0.05) is 28.9 Å². The number of guanidine groups is 1. The second-order valence-electron chi connectivity index (χ2n) is 6.82.